The van der Waals surface area contributed by atoms with Crippen LogP contribution in [-0.2, 0) is 19.1 Å². The maximum absolute atomic E-state index is 10.9. The molecule has 2 amide bonds. The Morgan fingerprint density at radius 3 is 2.00 bits per heavy atom. The van der Waals surface area contributed by atoms with Gasteiger partial charge in [-0.15, -0.1) is 13.2 Å². The Hall–Kier alpha value is -1.90. The molecule has 0 atom stereocenters. The van der Waals surface area contributed by atoms with E-state index in [1.807, 2.05) is 0 Å². The van der Waals surface area contributed by atoms with E-state index in [1.54, 1.807) is 0 Å². The minimum absolute atomic E-state index is 0.268. The Morgan fingerprint density at radius 2 is 1.78 bits per heavy atom. The number of hydrogen-bond acceptors (Lipinski definition) is 5. The first kappa shape index (κ1) is 16.1. The minimum atomic E-state index is -4.83. The van der Waals surface area contributed by atoms with Gasteiger partial charge in [0.2, 0.25) is 0 Å². The first-order valence-corrected chi connectivity index (χ1v) is 4.67. The van der Waals surface area contributed by atoms with E-state index < -0.39 is 12.3 Å². The zero-order valence-corrected chi connectivity index (χ0v) is 9.36. The number of nitrogens with zero attached hydrogens (tertiary/aromatic N) is 1. The molecule has 1 heterocycles. The van der Waals surface area contributed by atoms with Crippen LogP contribution in [0.15, 0.2) is 12.2 Å². The summed E-state index contributed by atoms with van der Waals surface area (Å²) in [6, 6.07) is 0. The van der Waals surface area contributed by atoms with Gasteiger partial charge in [-0.05, 0) is 0 Å². The van der Waals surface area contributed by atoms with Crippen LogP contribution in [0.4, 0.5) is 13.2 Å². The summed E-state index contributed by atoms with van der Waals surface area (Å²) in [5.41, 5.74) is 5.16. The van der Waals surface area contributed by atoms with Crippen molar-refractivity contribution >= 4 is 17.8 Å². The van der Waals surface area contributed by atoms with Gasteiger partial charge in [-0.1, -0.05) is 0 Å². The van der Waals surface area contributed by atoms with Crippen LogP contribution in [0.5, 0.6) is 0 Å². The fraction of sp³-hybridized carbons (Fsp3) is 0.444. The molecule has 1 rings (SSSR count). The number of halogens is 3. The smallest absolute Gasteiger partial charge is 0.373 e. The second-order valence-corrected chi connectivity index (χ2v) is 2.99. The molecule has 102 valence electrons. The van der Waals surface area contributed by atoms with Crippen molar-refractivity contribution in [2.24, 2.45) is 5.73 Å². The van der Waals surface area contributed by atoms with Crippen molar-refractivity contribution in [3.8, 4) is 0 Å². The third-order valence-electron chi connectivity index (χ3n) is 1.51. The molecule has 1 aliphatic rings. The molecule has 0 aliphatic carbocycles. The molecule has 0 aromatic carbocycles. The van der Waals surface area contributed by atoms with Crippen LogP contribution in [0.3, 0.4) is 0 Å². The van der Waals surface area contributed by atoms with Crippen molar-refractivity contribution in [3.05, 3.63) is 12.2 Å². The second-order valence-electron chi connectivity index (χ2n) is 2.99. The van der Waals surface area contributed by atoms with Gasteiger partial charge in [0.15, 0.2) is 0 Å². The Kier molecular flexibility index (Phi) is 6.03. The largest absolute Gasteiger partial charge is 0.575 e. The Bertz CT molecular complexity index is 347. The number of nitrogens with two attached hydrogens (primary N) is 1. The van der Waals surface area contributed by atoms with Gasteiger partial charge in [-0.3, -0.25) is 19.3 Å². The van der Waals surface area contributed by atoms with E-state index >= 15 is 0 Å². The summed E-state index contributed by atoms with van der Waals surface area (Å²) in [5.74, 6) is -1.89. The normalized spacial score (nSPS) is 14.4. The van der Waals surface area contributed by atoms with E-state index in [1.165, 1.54) is 12.2 Å². The van der Waals surface area contributed by atoms with Crippen molar-refractivity contribution < 1.29 is 32.3 Å². The summed E-state index contributed by atoms with van der Waals surface area (Å²) in [7, 11) is 0. The summed E-state index contributed by atoms with van der Waals surface area (Å²) >= 11 is 0. The Morgan fingerprint density at radius 1 is 1.33 bits per heavy atom. The van der Waals surface area contributed by atoms with E-state index in [9.17, 15) is 27.6 Å². The lowest BCUT2D eigenvalue weighted by molar-refractivity contribution is -0.304. The Balaban J connectivity index is 0.000000331. The molecule has 0 radical (unpaired) electrons. The van der Waals surface area contributed by atoms with Crippen molar-refractivity contribution in [1.29, 1.82) is 0 Å². The van der Waals surface area contributed by atoms with Gasteiger partial charge < -0.3 is 10.5 Å². The number of carbonyl (C=O) groups is 3. The second kappa shape index (κ2) is 6.74. The predicted octanol–water partition coefficient (Wildman–Crippen LogP) is -0.0606. The Labute approximate surface area is 100 Å². The van der Waals surface area contributed by atoms with Crippen LogP contribution in [0, 0.1) is 0 Å². The lowest BCUT2D eigenvalue weighted by atomic mass is 10.5. The van der Waals surface area contributed by atoms with Gasteiger partial charge in [0.25, 0.3) is 11.8 Å². The molecular weight excluding hydrogens is 257 g/mol. The predicted molar refractivity (Wildman–Crippen MR) is 52.7 cm³/mol. The molecule has 18 heavy (non-hydrogen) atoms. The molecule has 0 saturated heterocycles. The minimum Gasteiger partial charge on any atom is -0.373 e. The third-order valence-corrected chi connectivity index (χ3v) is 1.51. The lowest BCUT2D eigenvalue weighted by Crippen LogP contribution is -2.34. The van der Waals surface area contributed by atoms with Crippen LogP contribution in [0.25, 0.3) is 0 Å². The van der Waals surface area contributed by atoms with Gasteiger partial charge in [0.05, 0.1) is 0 Å². The van der Waals surface area contributed by atoms with Crippen LogP contribution in [0.1, 0.15) is 6.92 Å². The van der Waals surface area contributed by atoms with Gasteiger partial charge in [-0.2, -0.15) is 0 Å². The molecule has 0 aromatic rings. The standard InChI is InChI=1S/C6H8N2O2.C3H3F3O2/c7-3-4-8-5(9)1-2-6(8)10;1-2(7)8-3(4,5)6/h1-2H,3-4,7H2;1H3. The molecule has 0 unspecified atom stereocenters. The van der Waals surface area contributed by atoms with Crippen LogP contribution in [-0.4, -0.2) is 42.1 Å². The number of esters is 1. The molecule has 0 saturated carbocycles. The highest BCUT2D eigenvalue weighted by Gasteiger charge is 2.32. The topological polar surface area (TPSA) is 89.7 Å². The molecule has 0 bridgehead atoms. The number of hydrogen-bond donors (Lipinski definition) is 1. The third kappa shape index (κ3) is 6.63. The summed E-state index contributed by atoms with van der Waals surface area (Å²) in [6.07, 6.45) is -2.33. The molecule has 6 nitrogen and oxygen atoms in total. The molecule has 0 aromatic heterocycles. The van der Waals surface area contributed by atoms with Crippen LogP contribution >= 0.6 is 0 Å². The zero-order valence-electron chi connectivity index (χ0n) is 9.36. The number of amides is 2. The van der Waals surface area contributed by atoms with E-state index in [2.05, 4.69) is 4.74 Å². The maximum Gasteiger partial charge on any atom is 0.575 e. The lowest BCUT2D eigenvalue weighted by Gasteiger charge is -2.10. The number of alkyl halides is 3. The molecule has 0 fully saturated rings. The van der Waals surface area contributed by atoms with Crippen LogP contribution in [0.2, 0.25) is 0 Å². The summed E-state index contributed by atoms with van der Waals surface area (Å²) < 4.78 is 35.4. The van der Waals surface area contributed by atoms with Crippen molar-refractivity contribution in [2.45, 2.75) is 13.3 Å². The van der Waals surface area contributed by atoms with Gasteiger partial charge in [0, 0.05) is 32.2 Å². The molecule has 9 heteroatoms. The van der Waals surface area contributed by atoms with E-state index in [4.69, 9.17) is 5.73 Å². The van der Waals surface area contributed by atoms with E-state index in [0.29, 0.717) is 20.0 Å². The van der Waals surface area contributed by atoms with Crippen molar-refractivity contribution in [3.63, 3.8) is 0 Å². The SMILES string of the molecule is CC(=O)OC(F)(F)F.NCCN1C(=O)C=CC1=O. The number of carbonyl (C=O) groups excluding carboxylic acids is 3. The molecular formula is C9H11F3N2O4. The van der Waals surface area contributed by atoms with Crippen molar-refractivity contribution in [1.82, 2.24) is 4.90 Å². The summed E-state index contributed by atoms with van der Waals surface area (Å²) in [4.78, 5) is 32.1. The summed E-state index contributed by atoms with van der Waals surface area (Å²) in [5, 5.41) is 0. The average molecular weight is 268 g/mol. The van der Waals surface area contributed by atoms with Crippen molar-refractivity contribution in [2.75, 3.05) is 13.1 Å². The molecule has 1 aliphatic heterocycles. The van der Waals surface area contributed by atoms with E-state index in [-0.39, 0.29) is 11.8 Å². The molecule has 2 N–H and O–H groups in total. The fourth-order valence-corrected chi connectivity index (χ4v) is 0.944. The molecule has 0 spiro atoms. The van der Waals surface area contributed by atoms with Gasteiger partial charge >= 0.3 is 12.3 Å². The highest BCUT2D eigenvalue weighted by atomic mass is 19.4. The van der Waals surface area contributed by atoms with Gasteiger partial charge in [-0.25, -0.2) is 0 Å². The van der Waals surface area contributed by atoms with Crippen LogP contribution < -0.4 is 5.73 Å². The first-order valence-electron chi connectivity index (χ1n) is 4.67. The number of rotatable bonds is 2. The number of imide groups is 1. The monoisotopic (exact) mass is 268 g/mol. The number of ether oxygens (including phenoxy) is 1. The highest BCUT2D eigenvalue weighted by molar-refractivity contribution is 6.12. The fourth-order valence-electron chi connectivity index (χ4n) is 0.944. The average Bonchev–Trinajstić information content (AvgIpc) is 2.47. The van der Waals surface area contributed by atoms with E-state index in [0.717, 1.165) is 4.90 Å². The highest BCUT2D eigenvalue weighted by Crippen LogP contribution is 2.15. The first-order chi connectivity index (χ1) is 8.17. The quantitative estimate of drug-likeness (QED) is 0.559. The maximum atomic E-state index is 10.9. The van der Waals surface area contributed by atoms with Gasteiger partial charge in [0.1, 0.15) is 0 Å². The summed E-state index contributed by atoms with van der Waals surface area (Å²) in [6.45, 7) is 1.32. The zero-order chi connectivity index (χ0) is 14.3.